The van der Waals surface area contributed by atoms with E-state index in [9.17, 15) is 8.42 Å². The van der Waals surface area contributed by atoms with E-state index in [1.54, 1.807) is 34.8 Å². The molecule has 1 aliphatic heterocycles. The number of tetrazole rings is 1. The molecule has 0 spiro atoms. The Hall–Kier alpha value is -2.88. The van der Waals surface area contributed by atoms with Crippen LogP contribution in [0.5, 0.6) is 0 Å². The fourth-order valence-corrected chi connectivity index (χ4v) is 5.57. The van der Waals surface area contributed by atoms with Gasteiger partial charge < -0.3 is 4.74 Å². The highest BCUT2D eigenvalue weighted by Gasteiger charge is 2.30. The average molecular weight is 438 g/mol. The molecule has 1 fully saturated rings. The minimum Gasteiger partial charge on any atom is -0.377 e. The van der Waals surface area contributed by atoms with E-state index in [1.165, 1.54) is 4.31 Å². The van der Waals surface area contributed by atoms with E-state index >= 15 is 0 Å². The summed E-state index contributed by atoms with van der Waals surface area (Å²) in [5.74, 6) is 0. The van der Waals surface area contributed by atoms with Crippen LogP contribution in [-0.2, 0) is 21.3 Å². The van der Waals surface area contributed by atoms with Gasteiger partial charge in [-0.25, -0.2) is 8.42 Å². The first-order valence-corrected chi connectivity index (χ1v) is 11.7. The number of aryl methyl sites for hydroxylation is 1. The van der Waals surface area contributed by atoms with E-state index in [1.807, 2.05) is 25.1 Å². The molecule has 5 rings (SSSR count). The monoisotopic (exact) mass is 437 g/mol. The summed E-state index contributed by atoms with van der Waals surface area (Å²) in [4.78, 5) is 0.264. The van der Waals surface area contributed by atoms with Crippen LogP contribution < -0.4 is 0 Å². The summed E-state index contributed by atoms with van der Waals surface area (Å²) in [6.07, 6.45) is 1.67. The van der Waals surface area contributed by atoms with E-state index in [4.69, 9.17) is 4.74 Å². The summed E-state index contributed by atoms with van der Waals surface area (Å²) in [7, 11) is -3.72. The van der Waals surface area contributed by atoms with Crippen LogP contribution in [0.1, 0.15) is 24.0 Å². The van der Waals surface area contributed by atoms with Crippen molar-refractivity contribution in [3.05, 3.63) is 65.7 Å². The Balaban J connectivity index is 1.60. The van der Waals surface area contributed by atoms with Crippen LogP contribution in [0.3, 0.4) is 0 Å². The van der Waals surface area contributed by atoms with E-state index < -0.39 is 10.0 Å². The number of fused-ring (bicyclic) bond motifs is 3. The van der Waals surface area contributed by atoms with Crippen molar-refractivity contribution in [1.29, 1.82) is 0 Å². The number of sulfonamides is 1. The van der Waals surface area contributed by atoms with Crippen LogP contribution in [0.25, 0.3) is 16.6 Å². The topological polar surface area (TPSA) is 89.7 Å². The number of rotatable bonds is 6. The molecular weight excluding hydrogens is 414 g/mol. The van der Waals surface area contributed by atoms with Gasteiger partial charge in [0.05, 0.1) is 16.5 Å². The van der Waals surface area contributed by atoms with E-state index in [-0.39, 0.29) is 24.1 Å². The average Bonchev–Trinajstić information content (AvgIpc) is 3.46. The SMILES string of the molecule is Cc1ccc2c(c1)cc(CN(CC1CCCO1)S(=O)(=O)c1ccccc1)c1nnnn12. The Morgan fingerprint density at radius 1 is 1.16 bits per heavy atom. The molecule has 2 aromatic carbocycles. The van der Waals surface area contributed by atoms with Crippen LogP contribution in [-0.4, -0.2) is 52.0 Å². The lowest BCUT2D eigenvalue weighted by molar-refractivity contribution is 0.0926. The minimum atomic E-state index is -3.72. The number of pyridine rings is 1. The fourth-order valence-electron chi connectivity index (χ4n) is 4.10. The van der Waals surface area contributed by atoms with Crippen LogP contribution in [0.4, 0.5) is 0 Å². The van der Waals surface area contributed by atoms with Crippen molar-refractivity contribution >= 4 is 26.6 Å². The lowest BCUT2D eigenvalue weighted by atomic mass is 10.1. The third kappa shape index (κ3) is 3.80. The molecule has 9 heteroatoms. The van der Waals surface area contributed by atoms with Gasteiger partial charge in [0.25, 0.3) is 0 Å². The van der Waals surface area contributed by atoms with E-state index in [2.05, 4.69) is 21.6 Å². The summed E-state index contributed by atoms with van der Waals surface area (Å²) in [5, 5.41) is 13.1. The summed E-state index contributed by atoms with van der Waals surface area (Å²) in [5.41, 5.74) is 3.29. The summed E-state index contributed by atoms with van der Waals surface area (Å²) in [6.45, 7) is 3.13. The molecule has 1 aliphatic rings. The molecule has 0 aliphatic carbocycles. The molecule has 0 N–H and O–H groups in total. The normalized spacial score (nSPS) is 17.2. The molecule has 8 nitrogen and oxygen atoms in total. The maximum atomic E-state index is 13.5. The first-order valence-electron chi connectivity index (χ1n) is 10.3. The van der Waals surface area contributed by atoms with Gasteiger partial charge in [-0.3, -0.25) is 0 Å². The summed E-state index contributed by atoms with van der Waals surface area (Å²) in [6, 6.07) is 16.5. The molecule has 1 saturated heterocycles. The largest absolute Gasteiger partial charge is 0.377 e. The van der Waals surface area contributed by atoms with Gasteiger partial charge in [-0.15, -0.1) is 5.10 Å². The van der Waals surface area contributed by atoms with Crippen molar-refractivity contribution in [3.8, 4) is 0 Å². The molecule has 3 heterocycles. The Bertz CT molecular complexity index is 1330. The number of benzene rings is 2. The highest BCUT2D eigenvalue weighted by Crippen LogP contribution is 2.26. The van der Waals surface area contributed by atoms with Crippen molar-refractivity contribution in [2.45, 2.75) is 37.3 Å². The third-order valence-corrected chi connectivity index (χ3v) is 7.48. The number of hydrogen-bond donors (Lipinski definition) is 0. The summed E-state index contributed by atoms with van der Waals surface area (Å²) >= 11 is 0. The van der Waals surface area contributed by atoms with Gasteiger partial charge in [-0.2, -0.15) is 8.82 Å². The Labute approximate surface area is 180 Å². The molecule has 0 saturated carbocycles. The molecular formula is C22H23N5O3S. The molecule has 0 radical (unpaired) electrons. The second-order valence-electron chi connectivity index (χ2n) is 7.89. The Morgan fingerprint density at radius 3 is 2.77 bits per heavy atom. The van der Waals surface area contributed by atoms with Gasteiger partial charge in [0.2, 0.25) is 10.0 Å². The van der Waals surface area contributed by atoms with E-state index in [0.29, 0.717) is 12.3 Å². The maximum Gasteiger partial charge on any atom is 0.243 e. The second-order valence-corrected chi connectivity index (χ2v) is 9.83. The maximum absolute atomic E-state index is 13.5. The van der Waals surface area contributed by atoms with Crippen molar-refractivity contribution < 1.29 is 13.2 Å². The Morgan fingerprint density at radius 2 is 2.00 bits per heavy atom. The molecule has 0 amide bonds. The van der Waals surface area contributed by atoms with Crippen molar-refractivity contribution in [1.82, 2.24) is 24.3 Å². The lowest BCUT2D eigenvalue weighted by Gasteiger charge is -2.25. The van der Waals surface area contributed by atoms with Gasteiger partial charge in [0.1, 0.15) is 0 Å². The molecule has 160 valence electrons. The van der Waals surface area contributed by atoms with Gasteiger partial charge in [-0.05, 0) is 60.5 Å². The Kier molecular flexibility index (Phi) is 5.17. The lowest BCUT2D eigenvalue weighted by Crippen LogP contribution is -2.37. The van der Waals surface area contributed by atoms with Gasteiger partial charge >= 0.3 is 0 Å². The van der Waals surface area contributed by atoms with Crippen molar-refractivity contribution in [2.75, 3.05) is 13.2 Å². The predicted molar refractivity (Wildman–Crippen MR) is 116 cm³/mol. The zero-order valence-electron chi connectivity index (χ0n) is 17.2. The van der Waals surface area contributed by atoms with Crippen LogP contribution >= 0.6 is 0 Å². The van der Waals surface area contributed by atoms with Crippen LogP contribution in [0, 0.1) is 6.92 Å². The van der Waals surface area contributed by atoms with Crippen LogP contribution in [0.2, 0.25) is 0 Å². The van der Waals surface area contributed by atoms with Crippen molar-refractivity contribution in [3.63, 3.8) is 0 Å². The van der Waals surface area contributed by atoms with E-state index in [0.717, 1.165) is 34.9 Å². The number of aromatic nitrogens is 4. The third-order valence-electron chi connectivity index (χ3n) is 5.66. The predicted octanol–water partition coefficient (Wildman–Crippen LogP) is 2.96. The number of ether oxygens (including phenoxy) is 1. The van der Waals surface area contributed by atoms with Crippen molar-refractivity contribution in [2.24, 2.45) is 0 Å². The van der Waals surface area contributed by atoms with Gasteiger partial charge in [-0.1, -0.05) is 29.8 Å². The smallest absolute Gasteiger partial charge is 0.243 e. The summed E-state index contributed by atoms with van der Waals surface area (Å²) < 4.78 is 36.0. The zero-order valence-corrected chi connectivity index (χ0v) is 18.0. The molecule has 4 aromatic rings. The highest BCUT2D eigenvalue weighted by molar-refractivity contribution is 7.89. The van der Waals surface area contributed by atoms with Gasteiger partial charge in [0.15, 0.2) is 5.65 Å². The molecule has 2 aromatic heterocycles. The molecule has 1 unspecified atom stereocenters. The van der Waals surface area contributed by atoms with Crippen LogP contribution in [0.15, 0.2) is 59.5 Å². The highest BCUT2D eigenvalue weighted by atomic mass is 32.2. The molecule has 31 heavy (non-hydrogen) atoms. The molecule has 0 bridgehead atoms. The second kappa shape index (κ2) is 7.99. The fraction of sp³-hybridized carbons (Fsp3) is 0.318. The number of hydrogen-bond acceptors (Lipinski definition) is 6. The van der Waals surface area contributed by atoms with Gasteiger partial charge in [0, 0.05) is 30.6 Å². The number of nitrogens with zero attached hydrogens (tertiary/aromatic N) is 5. The first-order chi connectivity index (χ1) is 15.0. The molecule has 1 atom stereocenters. The standard InChI is InChI=1S/C22H23N5O3S/c1-16-9-10-21-17(12-16)13-18(22-23-24-25-27(21)22)14-26(15-19-6-5-11-30-19)31(28,29)20-7-3-2-4-8-20/h2-4,7-10,12-13,19H,5-6,11,14-15H2,1H3. The first kappa shape index (κ1) is 20.0. The quantitative estimate of drug-likeness (QED) is 0.461. The zero-order chi connectivity index (χ0) is 21.4. The minimum absolute atomic E-state index is 0.117.